The number of rotatable bonds is 4. The van der Waals surface area contributed by atoms with Gasteiger partial charge in [-0.15, -0.1) is 21.6 Å². The van der Waals surface area contributed by atoms with E-state index in [0.29, 0.717) is 15.0 Å². The van der Waals surface area contributed by atoms with Gasteiger partial charge in [-0.1, -0.05) is 30.3 Å². The fourth-order valence-corrected chi connectivity index (χ4v) is 3.68. The van der Waals surface area contributed by atoms with Gasteiger partial charge < -0.3 is 15.6 Å². The fraction of sp³-hybridized carbons (Fsp3) is 0.200. The normalized spacial score (nSPS) is 11.7. The van der Waals surface area contributed by atoms with Crippen LogP contribution in [0.1, 0.15) is 31.1 Å². The minimum Gasteiger partial charge on any atom is -0.504 e. The summed E-state index contributed by atoms with van der Waals surface area (Å²) in [4.78, 5) is 17.6. The highest BCUT2D eigenvalue weighted by Crippen LogP contribution is 2.40. The fourth-order valence-electron chi connectivity index (χ4n) is 2.33. The van der Waals surface area contributed by atoms with Crippen LogP contribution < -0.4 is 5.73 Å². The van der Waals surface area contributed by atoms with Crippen LogP contribution in [0.3, 0.4) is 0 Å². The maximum Gasteiger partial charge on any atom is 0.341 e. The van der Waals surface area contributed by atoms with E-state index in [1.165, 1.54) is 17.4 Å². The Hall–Kier alpha value is -2.78. The molecule has 2 aromatic heterocycles. The molecule has 0 radical (unpaired) electrons. The van der Waals surface area contributed by atoms with Crippen molar-refractivity contribution in [3.8, 4) is 16.2 Å². The van der Waals surface area contributed by atoms with Gasteiger partial charge in [0.1, 0.15) is 5.60 Å². The number of anilines is 1. The Bertz CT molecular complexity index is 1080. The molecular weight excluding hydrogens is 456 g/mol. The van der Waals surface area contributed by atoms with Gasteiger partial charge in [0.15, 0.2) is 22.4 Å². The number of benzene rings is 1. The highest BCUT2D eigenvalue weighted by molar-refractivity contribution is 9.10. The molecule has 0 aliphatic carbocycles. The lowest BCUT2D eigenvalue weighted by Gasteiger charge is -2.19. The molecule has 0 aliphatic heterocycles. The third-order valence-corrected chi connectivity index (χ3v) is 5.24. The van der Waals surface area contributed by atoms with E-state index >= 15 is 0 Å². The molecule has 150 valence electrons. The summed E-state index contributed by atoms with van der Waals surface area (Å²) in [7, 11) is 0. The van der Waals surface area contributed by atoms with Crippen LogP contribution in [0.5, 0.6) is 5.75 Å². The van der Waals surface area contributed by atoms with Crippen molar-refractivity contribution in [1.82, 2.24) is 4.98 Å². The third kappa shape index (κ3) is 5.18. The molecule has 2 heterocycles. The van der Waals surface area contributed by atoms with Gasteiger partial charge in [0.2, 0.25) is 0 Å². The molecule has 0 saturated carbocycles. The summed E-state index contributed by atoms with van der Waals surface area (Å²) in [5, 5.41) is 18.3. The van der Waals surface area contributed by atoms with Gasteiger partial charge in [-0.2, -0.15) is 0 Å². The molecule has 0 bridgehead atoms. The first-order chi connectivity index (χ1) is 13.6. The Morgan fingerprint density at radius 1 is 1.21 bits per heavy atom. The number of ether oxygens (including phenoxy) is 1. The van der Waals surface area contributed by atoms with Crippen LogP contribution in [0.2, 0.25) is 0 Å². The van der Waals surface area contributed by atoms with Crippen molar-refractivity contribution in [1.29, 1.82) is 0 Å². The minimum atomic E-state index is -0.643. The van der Waals surface area contributed by atoms with E-state index in [1.807, 2.05) is 30.3 Å². The van der Waals surface area contributed by atoms with Crippen molar-refractivity contribution in [2.45, 2.75) is 26.4 Å². The quantitative estimate of drug-likeness (QED) is 0.343. The summed E-state index contributed by atoms with van der Waals surface area (Å²) >= 11 is 4.58. The molecule has 0 atom stereocenters. The number of esters is 1. The second-order valence-electron chi connectivity index (χ2n) is 7.10. The van der Waals surface area contributed by atoms with E-state index in [9.17, 15) is 9.90 Å². The molecule has 3 rings (SSSR count). The molecule has 0 spiro atoms. The number of nitrogens with two attached hydrogens (primary N) is 1. The van der Waals surface area contributed by atoms with Gasteiger partial charge in [-0.25, -0.2) is 9.78 Å². The molecule has 3 aromatic rings. The Balaban J connectivity index is 2.03. The summed E-state index contributed by atoms with van der Waals surface area (Å²) in [5.41, 5.74) is 6.26. The zero-order valence-electron chi connectivity index (χ0n) is 16.0. The van der Waals surface area contributed by atoms with Crippen molar-refractivity contribution in [2.75, 3.05) is 5.73 Å². The molecular formula is C20H19BrN4O3S. The number of hydrogen-bond donors (Lipinski definition) is 2. The third-order valence-electron chi connectivity index (χ3n) is 3.59. The van der Waals surface area contributed by atoms with E-state index in [-0.39, 0.29) is 17.4 Å². The standard InChI is InChI=1S/C20H19BrN4O3S/c1-20(2,3)28-19(27)12-9-15(11-7-5-4-6-8-11)29-18(12)25-24-17-13(21)10-14(26)16(22)23-17/h4-10,26H,1-3H3,(H2,22,23)/b25-24+. The smallest absolute Gasteiger partial charge is 0.341 e. The number of thiophene rings is 1. The first kappa shape index (κ1) is 20.9. The molecule has 7 nitrogen and oxygen atoms in total. The van der Waals surface area contributed by atoms with Gasteiger partial charge in [0.25, 0.3) is 0 Å². The Labute approximate surface area is 180 Å². The molecule has 0 saturated heterocycles. The minimum absolute atomic E-state index is 0.0642. The number of hydrogen-bond acceptors (Lipinski definition) is 8. The molecule has 0 amide bonds. The van der Waals surface area contributed by atoms with Crippen LogP contribution in [0.15, 0.2) is 57.2 Å². The Morgan fingerprint density at radius 2 is 1.90 bits per heavy atom. The van der Waals surface area contributed by atoms with Gasteiger partial charge >= 0.3 is 5.97 Å². The van der Waals surface area contributed by atoms with Crippen LogP contribution in [0, 0.1) is 0 Å². The first-order valence-electron chi connectivity index (χ1n) is 8.63. The summed E-state index contributed by atoms with van der Waals surface area (Å²) in [6.45, 7) is 5.41. The number of aromatic nitrogens is 1. The average molecular weight is 475 g/mol. The van der Waals surface area contributed by atoms with E-state index in [0.717, 1.165) is 10.4 Å². The molecule has 0 unspecified atom stereocenters. The largest absolute Gasteiger partial charge is 0.504 e. The number of carbonyl (C=O) groups is 1. The molecule has 0 fully saturated rings. The van der Waals surface area contributed by atoms with E-state index in [4.69, 9.17) is 10.5 Å². The van der Waals surface area contributed by atoms with E-state index in [2.05, 4.69) is 31.1 Å². The van der Waals surface area contributed by atoms with Gasteiger partial charge in [-0.05, 0) is 48.3 Å². The topological polar surface area (TPSA) is 110 Å². The molecule has 0 aliphatic rings. The Kier molecular flexibility index (Phi) is 5.99. The van der Waals surface area contributed by atoms with Crippen LogP contribution in [-0.4, -0.2) is 21.7 Å². The number of pyridine rings is 1. The van der Waals surface area contributed by atoms with Crippen LogP contribution in [0.4, 0.5) is 16.6 Å². The van der Waals surface area contributed by atoms with Crippen LogP contribution in [-0.2, 0) is 4.74 Å². The van der Waals surface area contributed by atoms with Crippen molar-refractivity contribution in [2.24, 2.45) is 10.2 Å². The number of carbonyl (C=O) groups excluding carboxylic acids is 1. The van der Waals surface area contributed by atoms with Gasteiger partial charge in [0.05, 0.1) is 10.0 Å². The summed E-state index contributed by atoms with van der Waals surface area (Å²) in [6, 6.07) is 12.8. The van der Waals surface area contributed by atoms with Gasteiger partial charge in [-0.3, -0.25) is 0 Å². The second kappa shape index (κ2) is 8.30. The van der Waals surface area contributed by atoms with E-state index in [1.54, 1.807) is 26.8 Å². The number of halogens is 1. The molecule has 29 heavy (non-hydrogen) atoms. The number of nitrogen functional groups attached to an aromatic ring is 1. The zero-order valence-corrected chi connectivity index (χ0v) is 18.4. The Morgan fingerprint density at radius 3 is 2.55 bits per heavy atom. The van der Waals surface area contributed by atoms with Crippen LogP contribution >= 0.6 is 27.3 Å². The lowest BCUT2D eigenvalue weighted by Crippen LogP contribution is -2.23. The van der Waals surface area contributed by atoms with Crippen molar-refractivity contribution in [3.63, 3.8) is 0 Å². The van der Waals surface area contributed by atoms with Crippen molar-refractivity contribution >= 4 is 49.9 Å². The predicted octanol–water partition coefficient (Wildman–Crippen LogP) is 6.23. The highest BCUT2D eigenvalue weighted by Gasteiger charge is 2.23. The maximum atomic E-state index is 12.7. The summed E-state index contributed by atoms with van der Waals surface area (Å²) in [6.07, 6.45) is 0. The van der Waals surface area contributed by atoms with Crippen LogP contribution in [0.25, 0.3) is 10.4 Å². The van der Waals surface area contributed by atoms with Gasteiger partial charge in [0, 0.05) is 10.9 Å². The maximum absolute atomic E-state index is 12.7. The number of azo groups is 1. The van der Waals surface area contributed by atoms with E-state index < -0.39 is 11.6 Å². The predicted molar refractivity (Wildman–Crippen MR) is 117 cm³/mol. The first-order valence-corrected chi connectivity index (χ1v) is 10.2. The lowest BCUT2D eigenvalue weighted by atomic mass is 10.1. The number of aromatic hydroxyl groups is 1. The zero-order chi connectivity index (χ0) is 21.2. The van der Waals surface area contributed by atoms with Crippen molar-refractivity contribution < 1.29 is 14.6 Å². The molecule has 9 heteroatoms. The summed E-state index contributed by atoms with van der Waals surface area (Å²) in [5.74, 6) is -0.523. The molecule has 3 N–H and O–H groups in total. The molecule has 1 aromatic carbocycles. The monoisotopic (exact) mass is 474 g/mol. The highest BCUT2D eigenvalue weighted by atomic mass is 79.9. The number of nitrogens with zero attached hydrogens (tertiary/aromatic N) is 3. The SMILES string of the molecule is CC(C)(C)OC(=O)c1cc(-c2ccccc2)sc1/N=N/c1nc(N)c(O)cc1Br. The average Bonchev–Trinajstić information content (AvgIpc) is 3.07. The second-order valence-corrected chi connectivity index (χ2v) is 8.98. The lowest BCUT2D eigenvalue weighted by molar-refractivity contribution is 0.00710. The van der Waals surface area contributed by atoms with Crippen molar-refractivity contribution in [3.05, 3.63) is 52.5 Å². The summed E-state index contributed by atoms with van der Waals surface area (Å²) < 4.78 is 5.94.